The van der Waals surface area contributed by atoms with Crippen molar-refractivity contribution in [2.24, 2.45) is 5.92 Å². The maximum atomic E-state index is 13.6. The maximum absolute atomic E-state index is 13.6. The number of piperidine rings is 2. The summed E-state index contributed by atoms with van der Waals surface area (Å²) >= 11 is 0. The van der Waals surface area contributed by atoms with Crippen LogP contribution in [0.5, 0.6) is 0 Å². The maximum Gasteiger partial charge on any atom is 0.315 e. The van der Waals surface area contributed by atoms with Gasteiger partial charge in [0.15, 0.2) is 5.82 Å². The summed E-state index contributed by atoms with van der Waals surface area (Å²) in [6.45, 7) is 17.5. The summed E-state index contributed by atoms with van der Waals surface area (Å²) in [5.41, 5.74) is 9.47. The molecule has 0 spiro atoms. The van der Waals surface area contributed by atoms with E-state index < -0.39 is 29.7 Å². The Bertz CT molecular complexity index is 2990. The van der Waals surface area contributed by atoms with Gasteiger partial charge in [-0.15, -0.1) is 0 Å². The monoisotopic (exact) mass is 930 g/mol. The number of piperazine rings is 1. The number of anilines is 2. The molecule has 356 valence electrons. The van der Waals surface area contributed by atoms with E-state index in [2.05, 4.69) is 103 Å². The predicted molar refractivity (Wildman–Crippen MR) is 262 cm³/mol. The normalized spacial score (nSPS) is 20.5. The molecule has 10 rings (SSSR count). The SMILES string of the molecule is Cc1cc(-c2n[nH]c3ccc(-c4ccc(N5CCC(CN6CC(C)N(c7ccc8c(c7)C(=O)N(C7CCC(=O)NC7=O)C8=O)C(C)C6)CC5)cc4)cc23)ccc1CNC(=O)c1nc(C(C)(C)C)no1. The van der Waals surface area contributed by atoms with Crippen molar-refractivity contribution in [3.8, 4) is 22.4 Å². The number of hydrogen-bond donors (Lipinski definition) is 3. The lowest BCUT2D eigenvalue weighted by Gasteiger charge is -2.47. The van der Waals surface area contributed by atoms with Crippen molar-refractivity contribution in [2.75, 3.05) is 42.5 Å². The molecule has 3 fully saturated rings. The van der Waals surface area contributed by atoms with Gasteiger partial charge in [-0.1, -0.05) is 56.3 Å². The number of H-pyrrole nitrogens is 1. The lowest BCUT2D eigenvalue weighted by molar-refractivity contribution is -0.136. The van der Waals surface area contributed by atoms with E-state index in [4.69, 9.17) is 9.62 Å². The number of aromatic amines is 1. The van der Waals surface area contributed by atoms with Crippen LogP contribution in [0, 0.1) is 12.8 Å². The van der Waals surface area contributed by atoms with Crippen LogP contribution in [0.1, 0.15) is 109 Å². The highest BCUT2D eigenvalue weighted by molar-refractivity contribution is 6.23. The van der Waals surface area contributed by atoms with Gasteiger partial charge in [-0.25, -0.2) is 0 Å². The van der Waals surface area contributed by atoms with Gasteiger partial charge in [0.2, 0.25) is 11.8 Å². The Morgan fingerprint density at radius 1 is 0.812 bits per heavy atom. The Hall–Kier alpha value is -7.20. The molecule has 4 aliphatic rings. The molecule has 16 nitrogen and oxygen atoms in total. The van der Waals surface area contributed by atoms with Crippen LogP contribution >= 0.6 is 0 Å². The third-order valence-electron chi connectivity index (χ3n) is 14.3. The van der Waals surface area contributed by atoms with Gasteiger partial charge in [-0.05, 0) is 117 Å². The zero-order valence-corrected chi connectivity index (χ0v) is 40.0. The van der Waals surface area contributed by atoms with Gasteiger partial charge in [0.25, 0.3) is 11.8 Å². The van der Waals surface area contributed by atoms with E-state index in [1.165, 1.54) is 5.69 Å². The van der Waals surface area contributed by atoms with Crippen molar-refractivity contribution in [3.63, 3.8) is 0 Å². The molecule has 4 aliphatic heterocycles. The first kappa shape index (κ1) is 45.6. The van der Waals surface area contributed by atoms with E-state index in [0.29, 0.717) is 29.4 Å². The van der Waals surface area contributed by atoms with E-state index >= 15 is 0 Å². The first-order chi connectivity index (χ1) is 33.1. The first-order valence-electron chi connectivity index (χ1n) is 24.0. The van der Waals surface area contributed by atoms with Crippen LogP contribution in [-0.2, 0) is 21.5 Å². The van der Waals surface area contributed by atoms with Crippen LogP contribution in [0.3, 0.4) is 0 Å². The van der Waals surface area contributed by atoms with E-state index in [9.17, 15) is 24.0 Å². The lowest BCUT2D eigenvalue weighted by atomic mass is 9.94. The smallest absolute Gasteiger partial charge is 0.315 e. The molecule has 0 saturated carbocycles. The van der Waals surface area contributed by atoms with Crippen molar-refractivity contribution >= 4 is 51.8 Å². The zero-order valence-electron chi connectivity index (χ0n) is 40.0. The van der Waals surface area contributed by atoms with E-state index in [-0.39, 0.29) is 42.1 Å². The summed E-state index contributed by atoms with van der Waals surface area (Å²) in [5.74, 6) is -1.34. The average Bonchev–Trinajstić information content (AvgIpc) is 4.06. The molecule has 4 aromatic carbocycles. The number of aryl methyl sites for hydroxylation is 1. The second kappa shape index (κ2) is 18.0. The van der Waals surface area contributed by atoms with Gasteiger partial charge in [-0.3, -0.25) is 44.2 Å². The molecule has 3 unspecified atom stereocenters. The summed E-state index contributed by atoms with van der Waals surface area (Å²) in [5, 5.41) is 18.1. The highest BCUT2D eigenvalue weighted by atomic mass is 16.5. The quantitative estimate of drug-likeness (QED) is 0.119. The number of aromatic nitrogens is 4. The highest BCUT2D eigenvalue weighted by Gasteiger charge is 2.45. The molecule has 2 aromatic heterocycles. The molecule has 3 N–H and O–H groups in total. The van der Waals surface area contributed by atoms with Crippen LogP contribution in [0.15, 0.2) is 83.4 Å². The molecule has 0 bridgehead atoms. The third-order valence-corrected chi connectivity index (χ3v) is 14.3. The van der Waals surface area contributed by atoms with Crippen LogP contribution < -0.4 is 20.4 Å². The molecule has 16 heteroatoms. The van der Waals surface area contributed by atoms with E-state index in [1.807, 2.05) is 45.9 Å². The van der Waals surface area contributed by atoms with Crippen molar-refractivity contribution in [3.05, 3.63) is 113 Å². The van der Waals surface area contributed by atoms with Gasteiger partial charge in [0.05, 0.1) is 22.3 Å². The lowest BCUT2D eigenvalue weighted by Crippen LogP contribution is -2.58. The van der Waals surface area contributed by atoms with Gasteiger partial charge in [0, 0.05) is 85.5 Å². The van der Waals surface area contributed by atoms with Crippen molar-refractivity contribution in [2.45, 2.75) is 97.3 Å². The van der Waals surface area contributed by atoms with Gasteiger partial charge in [0.1, 0.15) is 6.04 Å². The number of carbonyl (C=O) groups is 5. The van der Waals surface area contributed by atoms with Crippen molar-refractivity contribution in [1.29, 1.82) is 0 Å². The molecule has 5 amide bonds. The highest BCUT2D eigenvalue weighted by Crippen LogP contribution is 2.36. The summed E-state index contributed by atoms with van der Waals surface area (Å²) < 4.78 is 5.21. The fourth-order valence-electron chi connectivity index (χ4n) is 10.6. The second-order valence-electron chi connectivity index (χ2n) is 20.3. The standard InChI is InChI=1S/C53H58N10O6/c1-30-23-36(7-8-37(30)26-54-48(66)49-56-52(59-69-49)53(4,5)6)46-42-24-35(11-16-43(42)57-58-46)34-9-12-38(13-10-34)61-21-19-33(20-22-61)29-60-27-31(2)62(32(3)28-60)39-14-15-40-41(25-39)51(68)63(50(40)67)44-17-18-45(64)55-47(44)65/h7-16,23-25,31-33,44H,17-22,26-29H2,1-6H3,(H,54,66)(H,57,58)(H,55,64,65). The largest absolute Gasteiger partial charge is 0.372 e. The van der Waals surface area contributed by atoms with Crippen molar-refractivity contribution < 1.29 is 28.5 Å². The minimum Gasteiger partial charge on any atom is -0.372 e. The minimum absolute atomic E-state index is 0.0462. The van der Waals surface area contributed by atoms with Gasteiger partial charge >= 0.3 is 11.8 Å². The summed E-state index contributed by atoms with van der Waals surface area (Å²) in [6.07, 6.45) is 2.45. The number of imide groups is 2. The van der Waals surface area contributed by atoms with Crippen molar-refractivity contribution in [1.82, 2.24) is 40.8 Å². The fourth-order valence-corrected chi connectivity index (χ4v) is 10.6. The Morgan fingerprint density at radius 3 is 2.20 bits per heavy atom. The Balaban J connectivity index is 0.726. The van der Waals surface area contributed by atoms with E-state index in [0.717, 1.165) is 101 Å². The number of hydrogen-bond acceptors (Lipinski definition) is 12. The number of benzene rings is 4. The third kappa shape index (κ3) is 8.89. The Kier molecular flexibility index (Phi) is 11.9. The fraction of sp³-hybridized carbons (Fsp3) is 0.396. The molecule has 6 aromatic rings. The molecule has 0 radical (unpaired) electrons. The molecule has 6 heterocycles. The molecule has 0 aliphatic carbocycles. The molecular formula is C53H58N10O6. The average molecular weight is 931 g/mol. The summed E-state index contributed by atoms with van der Waals surface area (Å²) in [6, 6.07) is 26.2. The molecule has 3 atom stereocenters. The minimum atomic E-state index is -0.982. The predicted octanol–water partition coefficient (Wildman–Crippen LogP) is 7.03. The summed E-state index contributed by atoms with van der Waals surface area (Å²) in [4.78, 5) is 76.6. The van der Waals surface area contributed by atoms with Crippen LogP contribution in [0.4, 0.5) is 11.4 Å². The van der Waals surface area contributed by atoms with Gasteiger partial charge in [-0.2, -0.15) is 10.1 Å². The number of carbonyl (C=O) groups excluding carboxylic acids is 5. The van der Waals surface area contributed by atoms with Crippen LogP contribution in [-0.4, -0.2) is 111 Å². The number of fused-ring (bicyclic) bond motifs is 2. The molecular weight excluding hydrogens is 873 g/mol. The molecule has 3 saturated heterocycles. The molecule has 69 heavy (non-hydrogen) atoms. The first-order valence-corrected chi connectivity index (χ1v) is 24.0. The van der Waals surface area contributed by atoms with Gasteiger partial charge < -0.3 is 19.6 Å². The van der Waals surface area contributed by atoms with Crippen LogP contribution in [0.25, 0.3) is 33.3 Å². The van der Waals surface area contributed by atoms with E-state index in [1.54, 1.807) is 12.1 Å². The zero-order chi connectivity index (χ0) is 48.3. The van der Waals surface area contributed by atoms with Crippen LogP contribution in [0.2, 0.25) is 0 Å². The number of nitrogens with zero attached hydrogens (tertiary/aromatic N) is 7. The Morgan fingerprint density at radius 2 is 1.51 bits per heavy atom. The summed E-state index contributed by atoms with van der Waals surface area (Å²) in [7, 11) is 0. The number of nitrogens with one attached hydrogen (secondary N) is 3. The number of rotatable bonds is 10. The topological polar surface area (TPSA) is 190 Å². The number of amides is 5. The Labute approximate surface area is 400 Å². The second-order valence-corrected chi connectivity index (χ2v) is 20.3.